The number of amides is 1. The number of carbonyl (C=O) groups excluding carboxylic acids is 1. The van der Waals surface area contributed by atoms with E-state index in [1.165, 1.54) is 4.90 Å². The van der Waals surface area contributed by atoms with Crippen molar-refractivity contribution in [3.63, 3.8) is 0 Å². The number of nitrogens with zero attached hydrogens (tertiary/aromatic N) is 1. The van der Waals surface area contributed by atoms with Crippen LogP contribution in [0.2, 0.25) is 0 Å². The fraction of sp³-hybridized carbons (Fsp3) is 0.250. The van der Waals surface area contributed by atoms with E-state index in [0.717, 1.165) is 12.3 Å². The number of guanidine groups is 1. The third-order valence-electron chi connectivity index (χ3n) is 2.96. The second kappa shape index (κ2) is 8.89. The van der Waals surface area contributed by atoms with Gasteiger partial charge in [0.2, 0.25) is 0 Å². The minimum atomic E-state index is -0.573. The minimum absolute atomic E-state index is 0.156. The first-order valence-corrected chi connectivity index (χ1v) is 8.18. The van der Waals surface area contributed by atoms with Crippen LogP contribution in [0.3, 0.4) is 0 Å². The molecule has 0 saturated heterocycles. The zero-order valence-corrected chi connectivity index (χ0v) is 13.7. The molecule has 1 amide bonds. The summed E-state index contributed by atoms with van der Waals surface area (Å²) in [4.78, 5) is 16.4. The summed E-state index contributed by atoms with van der Waals surface area (Å²) in [6, 6.07) is 13.5. The summed E-state index contributed by atoms with van der Waals surface area (Å²) in [5.41, 5.74) is 5.15. The molecule has 23 heavy (non-hydrogen) atoms. The summed E-state index contributed by atoms with van der Waals surface area (Å²) in [5, 5.41) is 6.34. The Morgan fingerprint density at radius 2 is 2.00 bits per heavy atom. The van der Waals surface area contributed by atoms with E-state index >= 15 is 0 Å². The molecule has 0 aliphatic rings. The van der Waals surface area contributed by atoms with Gasteiger partial charge in [0.05, 0.1) is 6.54 Å². The summed E-state index contributed by atoms with van der Waals surface area (Å²) in [6.07, 6.45) is 0. The first-order valence-electron chi connectivity index (χ1n) is 7.20. The summed E-state index contributed by atoms with van der Waals surface area (Å²) in [6.45, 7) is 1.21. The van der Waals surface area contributed by atoms with E-state index in [1.54, 1.807) is 30.9 Å². The van der Waals surface area contributed by atoms with E-state index in [9.17, 15) is 4.79 Å². The Kier molecular flexibility index (Phi) is 6.56. The van der Waals surface area contributed by atoms with E-state index in [1.807, 2.05) is 18.2 Å². The van der Waals surface area contributed by atoms with Crippen LogP contribution in [0.5, 0.6) is 0 Å². The van der Waals surface area contributed by atoms with Gasteiger partial charge >= 0.3 is 0 Å². The fourth-order valence-electron chi connectivity index (χ4n) is 1.85. The molecule has 0 bridgehead atoms. The van der Waals surface area contributed by atoms with Gasteiger partial charge in [-0.15, -0.1) is 11.8 Å². The number of nitrogens with two attached hydrogens (primary N) is 1. The van der Waals surface area contributed by atoms with Crippen molar-refractivity contribution in [1.82, 2.24) is 10.6 Å². The van der Waals surface area contributed by atoms with Crippen molar-refractivity contribution in [3.8, 4) is 0 Å². The van der Waals surface area contributed by atoms with Crippen LogP contribution in [0, 0.1) is 0 Å². The molecule has 0 aliphatic heterocycles. The van der Waals surface area contributed by atoms with E-state index in [-0.39, 0.29) is 5.76 Å². The predicted octanol–water partition coefficient (Wildman–Crippen LogP) is 1.84. The number of carbonyl (C=O) groups is 1. The molecule has 122 valence electrons. The van der Waals surface area contributed by atoms with Crippen LogP contribution in [0.15, 0.2) is 56.8 Å². The zero-order chi connectivity index (χ0) is 16.5. The molecule has 0 spiro atoms. The maximum absolute atomic E-state index is 11.0. The predicted molar refractivity (Wildman–Crippen MR) is 92.6 cm³/mol. The van der Waals surface area contributed by atoms with Crippen LogP contribution in [0.1, 0.15) is 16.3 Å². The molecule has 1 aromatic heterocycles. The quantitative estimate of drug-likeness (QED) is 0.311. The fourth-order valence-corrected chi connectivity index (χ4v) is 2.64. The Labute approximate surface area is 139 Å². The Morgan fingerprint density at radius 1 is 1.22 bits per heavy atom. The number of nitrogens with one attached hydrogen (secondary N) is 2. The third-order valence-corrected chi connectivity index (χ3v) is 3.98. The van der Waals surface area contributed by atoms with Crippen molar-refractivity contribution in [2.45, 2.75) is 11.4 Å². The molecular weight excluding hydrogens is 312 g/mol. The van der Waals surface area contributed by atoms with E-state index in [0.29, 0.717) is 18.3 Å². The van der Waals surface area contributed by atoms with Gasteiger partial charge in [0.15, 0.2) is 11.7 Å². The number of rotatable bonds is 7. The van der Waals surface area contributed by atoms with Crippen LogP contribution >= 0.6 is 11.8 Å². The molecular formula is C16H20N4O2S. The van der Waals surface area contributed by atoms with Gasteiger partial charge in [-0.25, -0.2) is 0 Å². The largest absolute Gasteiger partial charge is 0.454 e. The number of benzene rings is 1. The Hall–Kier alpha value is -2.41. The third kappa shape index (κ3) is 5.71. The number of thioether (sulfide) groups is 1. The molecule has 0 aliphatic carbocycles. The maximum Gasteiger partial charge on any atom is 0.284 e. The summed E-state index contributed by atoms with van der Waals surface area (Å²) in [5.74, 6) is 1.81. The minimum Gasteiger partial charge on any atom is -0.454 e. The average molecular weight is 332 g/mol. The lowest BCUT2D eigenvalue weighted by Crippen LogP contribution is -2.37. The lowest BCUT2D eigenvalue weighted by molar-refractivity contribution is 0.0972. The highest BCUT2D eigenvalue weighted by molar-refractivity contribution is 7.99. The number of primary amides is 1. The lowest BCUT2D eigenvalue weighted by Gasteiger charge is -2.10. The topological polar surface area (TPSA) is 92.6 Å². The van der Waals surface area contributed by atoms with Crippen LogP contribution in [0.4, 0.5) is 0 Å². The highest BCUT2D eigenvalue weighted by atomic mass is 32.2. The Bertz CT molecular complexity index is 655. The van der Waals surface area contributed by atoms with Crippen LogP contribution < -0.4 is 16.4 Å². The van der Waals surface area contributed by atoms with Crippen molar-refractivity contribution in [2.75, 3.05) is 19.3 Å². The number of aliphatic imine (C=N–C) groups is 1. The normalized spacial score (nSPS) is 11.3. The Balaban J connectivity index is 1.69. The van der Waals surface area contributed by atoms with Crippen molar-refractivity contribution in [1.29, 1.82) is 0 Å². The second-order valence-electron chi connectivity index (χ2n) is 4.64. The van der Waals surface area contributed by atoms with Gasteiger partial charge in [-0.3, -0.25) is 9.79 Å². The number of hydrogen-bond acceptors (Lipinski definition) is 4. The molecule has 0 atom stereocenters. The van der Waals surface area contributed by atoms with E-state index < -0.39 is 5.91 Å². The molecule has 2 rings (SSSR count). The first-order chi connectivity index (χ1) is 11.2. The smallest absolute Gasteiger partial charge is 0.284 e. The highest BCUT2D eigenvalue weighted by Crippen LogP contribution is 2.15. The van der Waals surface area contributed by atoms with Gasteiger partial charge in [0, 0.05) is 24.2 Å². The van der Waals surface area contributed by atoms with Gasteiger partial charge in [-0.1, -0.05) is 18.2 Å². The number of hydrogen-bond donors (Lipinski definition) is 3. The van der Waals surface area contributed by atoms with E-state index in [4.69, 9.17) is 10.2 Å². The second-order valence-corrected chi connectivity index (χ2v) is 5.81. The monoisotopic (exact) mass is 332 g/mol. The maximum atomic E-state index is 11.0. The zero-order valence-electron chi connectivity index (χ0n) is 12.9. The molecule has 4 N–H and O–H groups in total. The molecule has 1 heterocycles. The summed E-state index contributed by atoms with van der Waals surface area (Å²) >= 11 is 1.78. The molecule has 0 radical (unpaired) electrons. The molecule has 0 fully saturated rings. The SMILES string of the molecule is CN=C(NCCSc1ccccc1)NCc1ccc(C(N)=O)o1. The van der Waals surface area contributed by atoms with Crippen molar-refractivity contribution >= 4 is 23.6 Å². The first kappa shape index (κ1) is 17.0. The molecule has 0 saturated carbocycles. The molecule has 2 aromatic rings. The summed E-state index contributed by atoms with van der Waals surface area (Å²) in [7, 11) is 1.71. The molecule has 0 unspecified atom stereocenters. The Morgan fingerprint density at radius 3 is 2.65 bits per heavy atom. The van der Waals surface area contributed by atoms with Crippen molar-refractivity contribution < 1.29 is 9.21 Å². The standard InChI is InChI=1S/C16H20N4O2S/c1-18-16(19-9-10-23-13-5-3-2-4-6-13)20-11-12-7-8-14(22-12)15(17)21/h2-8H,9-11H2,1H3,(H2,17,21)(H2,18,19,20). The molecule has 7 heteroatoms. The van der Waals surface area contributed by atoms with E-state index in [2.05, 4.69) is 27.8 Å². The van der Waals surface area contributed by atoms with Gasteiger partial charge < -0.3 is 20.8 Å². The van der Waals surface area contributed by atoms with Crippen LogP contribution in [0.25, 0.3) is 0 Å². The van der Waals surface area contributed by atoms with Gasteiger partial charge in [-0.2, -0.15) is 0 Å². The average Bonchev–Trinajstić information content (AvgIpc) is 3.04. The van der Waals surface area contributed by atoms with Crippen LogP contribution in [-0.2, 0) is 6.54 Å². The van der Waals surface area contributed by atoms with Gasteiger partial charge in [-0.05, 0) is 24.3 Å². The highest BCUT2D eigenvalue weighted by Gasteiger charge is 2.07. The molecule has 1 aromatic carbocycles. The number of furan rings is 1. The van der Waals surface area contributed by atoms with Gasteiger partial charge in [0.25, 0.3) is 5.91 Å². The van der Waals surface area contributed by atoms with Crippen molar-refractivity contribution in [3.05, 3.63) is 54.0 Å². The molecule has 6 nitrogen and oxygen atoms in total. The van der Waals surface area contributed by atoms with Gasteiger partial charge in [0.1, 0.15) is 5.76 Å². The summed E-state index contributed by atoms with van der Waals surface area (Å²) < 4.78 is 5.30. The lowest BCUT2D eigenvalue weighted by atomic mass is 10.4. The van der Waals surface area contributed by atoms with Crippen LogP contribution in [-0.4, -0.2) is 31.2 Å². The van der Waals surface area contributed by atoms with Crippen molar-refractivity contribution in [2.24, 2.45) is 10.7 Å².